The Balaban J connectivity index is 1.78. The number of rotatable bonds is 9. The third kappa shape index (κ3) is 6.92. The van der Waals surface area contributed by atoms with Crippen LogP contribution in [-0.4, -0.2) is 45.9 Å². The highest BCUT2D eigenvalue weighted by atomic mass is 16.5. The molecule has 0 aliphatic carbocycles. The fourth-order valence-electron chi connectivity index (χ4n) is 2.86. The van der Waals surface area contributed by atoms with E-state index in [2.05, 4.69) is 31.3 Å². The molecule has 9 heteroatoms. The van der Waals surface area contributed by atoms with Gasteiger partial charge in [0, 0.05) is 16.7 Å². The van der Waals surface area contributed by atoms with Crippen LogP contribution < -0.4 is 25.1 Å². The van der Waals surface area contributed by atoms with Crippen LogP contribution in [-0.2, 0) is 0 Å². The Kier molecular flexibility index (Phi) is 9.19. The molecule has 2 N–H and O–H groups in total. The van der Waals surface area contributed by atoms with Crippen molar-refractivity contribution in [1.29, 1.82) is 0 Å². The zero-order valence-corrected chi connectivity index (χ0v) is 19.2. The van der Waals surface area contributed by atoms with E-state index >= 15 is 0 Å². The van der Waals surface area contributed by atoms with Gasteiger partial charge in [0.15, 0.2) is 0 Å². The molecular weight excluding hydrogens is 432 g/mol. The number of guanidine groups is 1. The molecule has 0 spiro atoms. The van der Waals surface area contributed by atoms with Crippen molar-refractivity contribution in [2.24, 2.45) is 20.4 Å². The molecule has 0 amide bonds. The van der Waals surface area contributed by atoms with Gasteiger partial charge in [0.1, 0.15) is 17.2 Å². The van der Waals surface area contributed by atoms with Crippen LogP contribution in [0.15, 0.2) is 93.2 Å². The molecule has 0 bridgehead atoms. The first-order valence-electron chi connectivity index (χ1n) is 10.3. The molecule has 34 heavy (non-hydrogen) atoms. The molecule has 3 rings (SSSR count). The maximum Gasteiger partial charge on any atom is 0.257 e. The molecule has 0 atom stereocenters. The van der Waals surface area contributed by atoms with E-state index in [4.69, 9.17) is 14.2 Å². The second-order valence-corrected chi connectivity index (χ2v) is 6.66. The van der Waals surface area contributed by atoms with E-state index in [1.165, 1.54) is 0 Å². The minimum Gasteiger partial charge on any atom is -0.496 e. The lowest BCUT2D eigenvalue weighted by Crippen LogP contribution is -2.30. The average molecular weight is 459 g/mol. The van der Waals surface area contributed by atoms with Gasteiger partial charge >= 0.3 is 0 Å². The molecule has 3 aromatic carbocycles. The fraction of sp³-hybridized carbons (Fsp3) is 0.120. The molecule has 0 fully saturated rings. The molecule has 9 nitrogen and oxygen atoms in total. The first-order chi connectivity index (χ1) is 16.7. The molecule has 0 saturated heterocycles. The van der Waals surface area contributed by atoms with E-state index in [9.17, 15) is 0 Å². The van der Waals surface area contributed by atoms with E-state index in [1.54, 1.807) is 40.0 Å². The number of hydrogen-bond acceptors (Lipinski definition) is 7. The van der Waals surface area contributed by atoms with Crippen molar-refractivity contribution in [3.05, 3.63) is 89.5 Å². The minimum absolute atomic E-state index is 0.198. The lowest BCUT2D eigenvalue weighted by Gasteiger charge is -2.06. The van der Waals surface area contributed by atoms with E-state index in [1.807, 2.05) is 72.8 Å². The van der Waals surface area contributed by atoms with E-state index in [0.717, 1.165) is 16.7 Å². The van der Waals surface area contributed by atoms with Gasteiger partial charge < -0.3 is 14.2 Å². The highest BCUT2D eigenvalue weighted by Gasteiger charge is 2.01. The van der Waals surface area contributed by atoms with Crippen molar-refractivity contribution < 1.29 is 14.2 Å². The first-order valence-corrected chi connectivity index (χ1v) is 10.3. The highest BCUT2D eigenvalue weighted by Crippen LogP contribution is 2.16. The summed E-state index contributed by atoms with van der Waals surface area (Å²) in [4.78, 5) is 0. The average Bonchev–Trinajstić information content (AvgIpc) is 2.89. The number of nitrogens with zero attached hydrogens (tertiary/aromatic N) is 4. The Morgan fingerprint density at radius 1 is 0.588 bits per heavy atom. The normalized spacial score (nSPS) is 11.0. The van der Waals surface area contributed by atoms with Crippen LogP contribution in [0.25, 0.3) is 0 Å². The second-order valence-electron chi connectivity index (χ2n) is 6.66. The van der Waals surface area contributed by atoms with Gasteiger partial charge in [-0.1, -0.05) is 36.4 Å². The summed E-state index contributed by atoms with van der Waals surface area (Å²) < 4.78 is 16.0. The summed E-state index contributed by atoms with van der Waals surface area (Å²) >= 11 is 0. The molecule has 0 aliphatic rings. The van der Waals surface area contributed by atoms with Gasteiger partial charge in [0.2, 0.25) is 0 Å². The molecule has 0 saturated carbocycles. The lowest BCUT2D eigenvalue weighted by molar-refractivity contribution is 0.414. The van der Waals surface area contributed by atoms with Crippen molar-refractivity contribution in [2.45, 2.75) is 0 Å². The molecule has 0 unspecified atom stereocenters. The summed E-state index contributed by atoms with van der Waals surface area (Å²) in [5, 5.41) is 16.7. The number of para-hydroxylation sites is 3. The van der Waals surface area contributed by atoms with Crippen LogP contribution >= 0.6 is 0 Å². The number of benzene rings is 3. The third-order valence-corrected chi connectivity index (χ3v) is 4.52. The maximum atomic E-state index is 5.34. The van der Waals surface area contributed by atoms with Gasteiger partial charge in [-0.15, -0.1) is 5.10 Å². The fourth-order valence-corrected chi connectivity index (χ4v) is 2.86. The van der Waals surface area contributed by atoms with Crippen LogP contribution in [0.5, 0.6) is 17.2 Å². The number of methoxy groups -OCH3 is 3. The van der Waals surface area contributed by atoms with Crippen LogP contribution in [0.1, 0.15) is 16.7 Å². The highest BCUT2D eigenvalue weighted by molar-refractivity contribution is 5.89. The zero-order valence-electron chi connectivity index (χ0n) is 19.2. The molecule has 174 valence electrons. The monoisotopic (exact) mass is 458 g/mol. The van der Waals surface area contributed by atoms with Gasteiger partial charge in [0.25, 0.3) is 5.96 Å². The predicted molar refractivity (Wildman–Crippen MR) is 135 cm³/mol. The number of ether oxygens (including phenoxy) is 3. The van der Waals surface area contributed by atoms with E-state index in [-0.39, 0.29) is 5.96 Å². The number of hydrazone groups is 2. The Hall–Kier alpha value is -4.66. The topological polar surface area (TPSA) is 101 Å². The lowest BCUT2D eigenvalue weighted by atomic mass is 10.2. The van der Waals surface area contributed by atoms with E-state index < -0.39 is 0 Å². The van der Waals surface area contributed by atoms with Gasteiger partial charge in [-0.3, -0.25) is 0 Å². The summed E-state index contributed by atoms with van der Waals surface area (Å²) in [5.74, 6) is 2.28. The zero-order chi connectivity index (χ0) is 24.0. The van der Waals surface area contributed by atoms with Crippen LogP contribution in [0, 0.1) is 0 Å². The summed E-state index contributed by atoms with van der Waals surface area (Å²) in [6, 6.07) is 22.5. The summed E-state index contributed by atoms with van der Waals surface area (Å²) in [6.45, 7) is 0. The maximum absolute atomic E-state index is 5.34. The van der Waals surface area contributed by atoms with Crippen LogP contribution in [0.3, 0.4) is 0 Å². The summed E-state index contributed by atoms with van der Waals surface area (Å²) in [6.07, 6.45) is 4.81. The van der Waals surface area contributed by atoms with Crippen molar-refractivity contribution in [2.75, 3.05) is 21.3 Å². The molecule has 0 radical (unpaired) electrons. The van der Waals surface area contributed by atoms with E-state index in [0.29, 0.717) is 17.2 Å². The smallest absolute Gasteiger partial charge is 0.257 e. The Labute approximate surface area is 198 Å². The molecule has 0 aromatic heterocycles. The number of nitrogens with one attached hydrogen (secondary N) is 2. The van der Waals surface area contributed by atoms with Crippen LogP contribution in [0.4, 0.5) is 0 Å². The molecular formula is C25H26N6O3. The molecule has 3 aromatic rings. The summed E-state index contributed by atoms with van der Waals surface area (Å²) in [7, 11) is 4.81. The molecule has 0 heterocycles. The van der Waals surface area contributed by atoms with Crippen molar-refractivity contribution in [1.82, 2.24) is 10.9 Å². The quantitative estimate of drug-likeness (QED) is 0.290. The SMILES string of the molecule is COc1ccccc1/C=N/N=C(N/N=C/c1ccccc1OC)N/N=C/c1ccccc1OC. The van der Waals surface area contributed by atoms with Gasteiger partial charge in [-0.2, -0.15) is 15.3 Å². The Morgan fingerprint density at radius 2 is 0.971 bits per heavy atom. The van der Waals surface area contributed by atoms with Gasteiger partial charge in [-0.25, -0.2) is 10.9 Å². The first kappa shape index (κ1) is 24.0. The van der Waals surface area contributed by atoms with Crippen molar-refractivity contribution >= 4 is 24.6 Å². The Bertz CT molecular complexity index is 1130. The predicted octanol–water partition coefficient (Wildman–Crippen LogP) is 3.65. The van der Waals surface area contributed by atoms with Crippen molar-refractivity contribution in [3.8, 4) is 17.2 Å². The second kappa shape index (κ2) is 13.0. The van der Waals surface area contributed by atoms with Gasteiger partial charge in [-0.05, 0) is 36.4 Å². The number of hydrogen-bond donors (Lipinski definition) is 2. The largest absolute Gasteiger partial charge is 0.496 e. The van der Waals surface area contributed by atoms with Crippen molar-refractivity contribution in [3.63, 3.8) is 0 Å². The Morgan fingerprint density at radius 3 is 1.38 bits per heavy atom. The van der Waals surface area contributed by atoms with Gasteiger partial charge in [0.05, 0.1) is 40.0 Å². The summed E-state index contributed by atoms with van der Waals surface area (Å²) in [5.41, 5.74) is 8.00. The standard InChI is InChI=1S/C25H26N6O3/c1-32-22-13-7-4-10-19(22)16-26-29-25(30-27-17-20-11-5-8-14-23(20)33-2)31-28-18-21-12-6-9-15-24(21)34-3/h4-18H,1-3H3,(H2,29,30,31)/b26-16+,27-17+,28-18+. The van der Waals surface area contributed by atoms with Crippen LogP contribution in [0.2, 0.25) is 0 Å². The molecule has 0 aliphatic heterocycles. The minimum atomic E-state index is 0.198. The third-order valence-electron chi connectivity index (χ3n) is 4.52.